The van der Waals surface area contributed by atoms with Gasteiger partial charge in [0.25, 0.3) is 0 Å². The van der Waals surface area contributed by atoms with Gasteiger partial charge in [0.1, 0.15) is 0 Å². The second-order valence-corrected chi connectivity index (χ2v) is 2.68. The summed E-state index contributed by atoms with van der Waals surface area (Å²) in [6, 6.07) is 0. The van der Waals surface area contributed by atoms with E-state index in [1.807, 2.05) is 6.92 Å². The highest BCUT2D eigenvalue weighted by atomic mass is 16.5. The van der Waals surface area contributed by atoms with Crippen LogP contribution in [0.25, 0.3) is 0 Å². The Bertz CT molecular complexity index is 297. The molecule has 0 saturated heterocycles. The Balaban J connectivity index is 2.62. The molecule has 1 heterocycles. The lowest BCUT2D eigenvalue weighted by atomic mass is 10.3. The van der Waals surface area contributed by atoms with Gasteiger partial charge >= 0.3 is 5.97 Å². The molecule has 5 nitrogen and oxygen atoms in total. The van der Waals surface area contributed by atoms with Crippen LogP contribution in [0.2, 0.25) is 0 Å². The van der Waals surface area contributed by atoms with Crippen LogP contribution in [0.15, 0.2) is 12.4 Å². The Hall–Kier alpha value is -1.65. The third-order valence-corrected chi connectivity index (χ3v) is 1.55. The molecule has 0 amide bonds. The minimum atomic E-state index is -0.380. The predicted octanol–water partition coefficient (Wildman–Crippen LogP) is 1.09. The van der Waals surface area contributed by atoms with Crippen molar-refractivity contribution in [3.8, 4) is 0 Å². The van der Waals surface area contributed by atoms with Crippen LogP contribution in [0.5, 0.6) is 0 Å². The first-order chi connectivity index (χ1) is 6.77. The lowest BCUT2D eigenvalue weighted by Crippen LogP contribution is -2.07. The van der Waals surface area contributed by atoms with E-state index in [0.717, 1.165) is 6.42 Å². The van der Waals surface area contributed by atoms with Crippen LogP contribution in [0, 0.1) is 0 Å². The van der Waals surface area contributed by atoms with Crippen molar-refractivity contribution in [3.05, 3.63) is 18.0 Å². The van der Waals surface area contributed by atoms with Crippen LogP contribution in [-0.4, -0.2) is 29.6 Å². The maximum absolute atomic E-state index is 11.3. The largest absolute Gasteiger partial charge is 0.462 e. The van der Waals surface area contributed by atoms with Gasteiger partial charge < -0.3 is 10.1 Å². The molecule has 1 rings (SSSR count). The molecule has 0 aliphatic heterocycles. The first-order valence-electron chi connectivity index (χ1n) is 4.44. The third-order valence-electron chi connectivity index (χ3n) is 1.55. The average Bonchev–Trinajstić information content (AvgIpc) is 2.26. The summed E-state index contributed by atoms with van der Waals surface area (Å²) in [6.45, 7) is 2.36. The molecule has 0 unspecified atom stereocenters. The van der Waals surface area contributed by atoms with Gasteiger partial charge in [-0.3, -0.25) is 0 Å². The van der Waals surface area contributed by atoms with E-state index >= 15 is 0 Å². The number of hydrogen-bond donors (Lipinski definition) is 1. The standard InChI is InChI=1S/C9H13N3O2/c1-3-4-14-8(13)7-5-11-9(10-2)12-6-7/h5-6H,3-4H2,1-2H3,(H,10,11,12). The third kappa shape index (κ3) is 2.69. The highest BCUT2D eigenvalue weighted by Crippen LogP contribution is 2.01. The number of ether oxygens (including phenoxy) is 1. The number of carbonyl (C=O) groups excluding carboxylic acids is 1. The Morgan fingerprint density at radius 3 is 2.64 bits per heavy atom. The van der Waals surface area contributed by atoms with Crippen molar-refractivity contribution in [2.45, 2.75) is 13.3 Å². The Morgan fingerprint density at radius 1 is 1.50 bits per heavy atom. The fourth-order valence-corrected chi connectivity index (χ4v) is 0.841. The number of nitrogens with zero attached hydrogens (tertiary/aromatic N) is 2. The van der Waals surface area contributed by atoms with E-state index in [1.54, 1.807) is 7.05 Å². The van der Waals surface area contributed by atoms with Crippen molar-refractivity contribution in [1.29, 1.82) is 0 Å². The fourth-order valence-electron chi connectivity index (χ4n) is 0.841. The first-order valence-corrected chi connectivity index (χ1v) is 4.44. The molecule has 14 heavy (non-hydrogen) atoms. The van der Waals surface area contributed by atoms with Gasteiger partial charge in [-0.15, -0.1) is 0 Å². The van der Waals surface area contributed by atoms with Gasteiger partial charge in [0, 0.05) is 19.4 Å². The molecule has 0 aromatic carbocycles. The van der Waals surface area contributed by atoms with Crippen LogP contribution < -0.4 is 5.32 Å². The normalized spacial score (nSPS) is 9.57. The lowest BCUT2D eigenvalue weighted by molar-refractivity contribution is 0.0504. The summed E-state index contributed by atoms with van der Waals surface area (Å²) in [5.41, 5.74) is 0.373. The number of hydrogen-bond acceptors (Lipinski definition) is 5. The van der Waals surface area contributed by atoms with Gasteiger partial charge in [0.05, 0.1) is 12.2 Å². The maximum atomic E-state index is 11.3. The van der Waals surface area contributed by atoms with Gasteiger partial charge in [-0.05, 0) is 6.42 Å². The maximum Gasteiger partial charge on any atom is 0.341 e. The number of rotatable bonds is 4. The van der Waals surface area contributed by atoms with E-state index in [-0.39, 0.29) is 5.97 Å². The number of carbonyl (C=O) groups is 1. The molecule has 0 fully saturated rings. The van der Waals surface area contributed by atoms with Crippen LogP contribution in [0.3, 0.4) is 0 Å². The van der Waals surface area contributed by atoms with Gasteiger partial charge in [-0.2, -0.15) is 0 Å². The second kappa shape index (κ2) is 5.16. The van der Waals surface area contributed by atoms with Crippen molar-refractivity contribution in [3.63, 3.8) is 0 Å². The number of nitrogens with one attached hydrogen (secondary N) is 1. The van der Waals surface area contributed by atoms with Crippen molar-refractivity contribution in [2.75, 3.05) is 19.0 Å². The minimum Gasteiger partial charge on any atom is -0.462 e. The molecule has 76 valence electrons. The molecule has 1 aromatic rings. The molecule has 0 saturated carbocycles. The van der Waals surface area contributed by atoms with Gasteiger partial charge in [-0.1, -0.05) is 6.92 Å². The topological polar surface area (TPSA) is 64.1 Å². The van der Waals surface area contributed by atoms with Crippen LogP contribution >= 0.6 is 0 Å². The van der Waals surface area contributed by atoms with Crippen molar-refractivity contribution >= 4 is 11.9 Å². The SMILES string of the molecule is CCCOC(=O)c1cnc(NC)nc1. The average molecular weight is 195 g/mol. The van der Waals surface area contributed by atoms with Crippen LogP contribution in [0.1, 0.15) is 23.7 Å². The minimum absolute atomic E-state index is 0.373. The van der Waals surface area contributed by atoms with E-state index in [2.05, 4.69) is 15.3 Å². The Labute approximate surface area is 82.5 Å². The molecule has 1 N–H and O–H groups in total. The van der Waals surface area contributed by atoms with Crippen molar-refractivity contribution in [2.24, 2.45) is 0 Å². The Morgan fingerprint density at radius 2 is 2.14 bits per heavy atom. The molecule has 0 aliphatic carbocycles. The molecular weight excluding hydrogens is 182 g/mol. The summed E-state index contributed by atoms with van der Waals surface area (Å²) in [4.78, 5) is 19.1. The summed E-state index contributed by atoms with van der Waals surface area (Å²) >= 11 is 0. The zero-order chi connectivity index (χ0) is 10.4. The zero-order valence-corrected chi connectivity index (χ0v) is 8.28. The number of anilines is 1. The molecule has 0 spiro atoms. The smallest absolute Gasteiger partial charge is 0.341 e. The summed E-state index contributed by atoms with van der Waals surface area (Å²) < 4.78 is 4.91. The molecule has 1 aromatic heterocycles. The van der Waals surface area contributed by atoms with E-state index in [0.29, 0.717) is 18.1 Å². The fraction of sp³-hybridized carbons (Fsp3) is 0.444. The van der Waals surface area contributed by atoms with Gasteiger partial charge in [0.15, 0.2) is 0 Å². The quantitative estimate of drug-likeness (QED) is 0.728. The Kier molecular flexibility index (Phi) is 3.84. The highest BCUT2D eigenvalue weighted by molar-refractivity contribution is 5.88. The highest BCUT2D eigenvalue weighted by Gasteiger charge is 2.07. The number of esters is 1. The monoisotopic (exact) mass is 195 g/mol. The lowest BCUT2D eigenvalue weighted by Gasteiger charge is -2.02. The molecule has 0 atom stereocenters. The summed E-state index contributed by atoms with van der Waals surface area (Å²) in [5, 5.41) is 2.76. The predicted molar refractivity (Wildman–Crippen MR) is 52.2 cm³/mol. The van der Waals surface area contributed by atoms with Gasteiger partial charge in [-0.25, -0.2) is 14.8 Å². The molecule has 0 radical (unpaired) electrons. The summed E-state index contributed by atoms with van der Waals surface area (Å²) in [6.07, 6.45) is 3.69. The first kappa shape index (κ1) is 10.4. The van der Waals surface area contributed by atoms with E-state index < -0.39 is 0 Å². The van der Waals surface area contributed by atoms with E-state index in [9.17, 15) is 4.79 Å². The van der Waals surface area contributed by atoms with Crippen LogP contribution in [-0.2, 0) is 4.74 Å². The van der Waals surface area contributed by atoms with Crippen molar-refractivity contribution in [1.82, 2.24) is 9.97 Å². The van der Waals surface area contributed by atoms with Crippen LogP contribution in [0.4, 0.5) is 5.95 Å². The second-order valence-electron chi connectivity index (χ2n) is 2.68. The van der Waals surface area contributed by atoms with E-state index in [1.165, 1.54) is 12.4 Å². The van der Waals surface area contributed by atoms with Crippen molar-refractivity contribution < 1.29 is 9.53 Å². The number of aromatic nitrogens is 2. The molecule has 5 heteroatoms. The van der Waals surface area contributed by atoms with Gasteiger partial charge in [0.2, 0.25) is 5.95 Å². The summed E-state index contributed by atoms with van der Waals surface area (Å²) in [5.74, 6) is 0.103. The molecular formula is C9H13N3O2. The molecule has 0 bridgehead atoms. The summed E-state index contributed by atoms with van der Waals surface area (Å²) in [7, 11) is 1.71. The molecule has 0 aliphatic rings. The van der Waals surface area contributed by atoms with E-state index in [4.69, 9.17) is 4.74 Å². The zero-order valence-electron chi connectivity index (χ0n) is 8.28.